The summed E-state index contributed by atoms with van der Waals surface area (Å²) in [4.78, 5) is 2.43. The topological polar surface area (TPSA) is 38.5 Å². The standard InChI is InChI=1S/C11H22N2O/c1-2-11(12)8-13(9-11)7-10-5-3-4-6-14-10/h10H,2-9,12H2,1H3. The van der Waals surface area contributed by atoms with Crippen molar-refractivity contribution in [3.63, 3.8) is 0 Å². The maximum atomic E-state index is 6.12. The largest absolute Gasteiger partial charge is 0.377 e. The number of likely N-dealkylation sites (tertiary alicyclic amines) is 1. The highest BCUT2D eigenvalue weighted by Gasteiger charge is 2.38. The zero-order valence-corrected chi connectivity index (χ0v) is 9.17. The molecule has 2 aliphatic rings. The van der Waals surface area contributed by atoms with Crippen LogP contribution in [0, 0.1) is 0 Å². The third kappa shape index (κ3) is 2.27. The minimum Gasteiger partial charge on any atom is -0.377 e. The molecule has 0 saturated carbocycles. The molecule has 82 valence electrons. The van der Waals surface area contributed by atoms with Crippen LogP contribution in [0.25, 0.3) is 0 Å². The van der Waals surface area contributed by atoms with Crippen LogP contribution >= 0.6 is 0 Å². The normalized spacial score (nSPS) is 32.6. The van der Waals surface area contributed by atoms with Crippen LogP contribution in [0.15, 0.2) is 0 Å². The SMILES string of the molecule is CCC1(N)CN(CC2CCCCO2)C1. The van der Waals surface area contributed by atoms with Crippen molar-refractivity contribution in [3.8, 4) is 0 Å². The van der Waals surface area contributed by atoms with E-state index in [1.165, 1.54) is 19.3 Å². The second kappa shape index (κ2) is 4.17. The Bertz CT molecular complexity index is 184. The summed E-state index contributed by atoms with van der Waals surface area (Å²) in [5, 5.41) is 0. The Morgan fingerprint density at radius 3 is 2.79 bits per heavy atom. The molecule has 0 spiro atoms. The number of nitrogens with two attached hydrogens (primary N) is 1. The van der Waals surface area contributed by atoms with E-state index in [1.54, 1.807) is 0 Å². The van der Waals surface area contributed by atoms with Crippen molar-refractivity contribution in [2.75, 3.05) is 26.2 Å². The fraction of sp³-hybridized carbons (Fsp3) is 1.00. The molecule has 0 radical (unpaired) electrons. The number of rotatable bonds is 3. The molecule has 2 fully saturated rings. The summed E-state index contributed by atoms with van der Waals surface area (Å²) in [6.45, 7) is 6.35. The molecule has 0 aromatic heterocycles. The van der Waals surface area contributed by atoms with Gasteiger partial charge in [-0.2, -0.15) is 0 Å². The molecule has 2 heterocycles. The van der Waals surface area contributed by atoms with Crippen molar-refractivity contribution in [2.45, 2.75) is 44.2 Å². The van der Waals surface area contributed by atoms with Gasteiger partial charge in [-0.3, -0.25) is 4.90 Å². The Hall–Kier alpha value is -0.120. The smallest absolute Gasteiger partial charge is 0.0702 e. The first kappa shape index (κ1) is 10.4. The van der Waals surface area contributed by atoms with Gasteiger partial charge in [-0.05, 0) is 25.7 Å². The molecule has 1 unspecified atom stereocenters. The highest BCUT2D eigenvalue weighted by atomic mass is 16.5. The molecule has 3 heteroatoms. The first-order chi connectivity index (χ1) is 6.72. The Morgan fingerprint density at radius 1 is 1.43 bits per heavy atom. The van der Waals surface area contributed by atoms with Crippen molar-refractivity contribution in [1.82, 2.24) is 4.90 Å². The monoisotopic (exact) mass is 198 g/mol. The van der Waals surface area contributed by atoms with Gasteiger partial charge in [-0.25, -0.2) is 0 Å². The van der Waals surface area contributed by atoms with Crippen molar-refractivity contribution >= 4 is 0 Å². The molecule has 0 bridgehead atoms. The van der Waals surface area contributed by atoms with Crippen molar-refractivity contribution in [3.05, 3.63) is 0 Å². The Morgan fingerprint density at radius 2 is 2.21 bits per heavy atom. The minimum absolute atomic E-state index is 0.106. The van der Waals surface area contributed by atoms with Crippen LogP contribution in [0.2, 0.25) is 0 Å². The number of hydrogen-bond acceptors (Lipinski definition) is 3. The van der Waals surface area contributed by atoms with E-state index < -0.39 is 0 Å². The predicted octanol–water partition coefficient (Wildman–Crippen LogP) is 0.979. The zero-order valence-electron chi connectivity index (χ0n) is 9.17. The first-order valence-electron chi connectivity index (χ1n) is 5.85. The van der Waals surface area contributed by atoms with Crippen LogP contribution in [0.1, 0.15) is 32.6 Å². The molecular formula is C11H22N2O. The van der Waals surface area contributed by atoms with E-state index in [0.29, 0.717) is 6.10 Å². The summed E-state index contributed by atoms with van der Waals surface area (Å²) in [5.41, 5.74) is 6.22. The summed E-state index contributed by atoms with van der Waals surface area (Å²) in [5.74, 6) is 0. The number of nitrogens with zero attached hydrogens (tertiary/aromatic N) is 1. The predicted molar refractivity (Wildman–Crippen MR) is 57.2 cm³/mol. The van der Waals surface area contributed by atoms with E-state index >= 15 is 0 Å². The van der Waals surface area contributed by atoms with Crippen molar-refractivity contribution < 1.29 is 4.74 Å². The lowest BCUT2D eigenvalue weighted by Crippen LogP contribution is -2.67. The lowest BCUT2D eigenvalue weighted by Gasteiger charge is -2.48. The quantitative estimate of drug-likeness (QED) is 0.734. The first-order valence-corrected chi connectivity index (χ1v) is 5.85. The highest BCUT2D eigenvalue weighted by molar-refractivity contribution is 4.99. The molecule has 0 aromatic carbocycles. The average molecular weight is 198 g/mol. The van der Waals surface area contributed by atoms with Gasteiger partial charge in [0.25, 0.3) is 0 Å². The zero-order chi connectivity index (χ0) is 10.0. The molecule has 2 rings (SSSR count). The summed E-state index contributed by atoms with van der Waals surface area (Å²) in [6, 6.07) is 0. The molecule has 2 N–H and O–H groups in total. The summed E-state index contributed by atoms with van der Waals surface area (Å²) < 4.78 is 5.70. The maximum Gasteiger partial charge on any atom is 0.0702 e. The lowest BCUT2D eigenvalue weighted by atomic mass is 9.88. The molecule has 3 nitrogen and oxygen atoms in total. The maximum absolute atomic E-state index is 6.12. The van der Waals surface area contributed by atoms with Gasteiger partial charge >= 0.3 is 0 Å². The molecule has 1 atom stereocenters. The Balaban J connectivity index is 1.68. The number of ether oxygens (including phenoxy) is 1. The molecule has 2 aliphatic heterocycles. The Kier molecular flexibility index (Phi) is 3.10. The van der Waals surface area contributed by atoms with Gasteiger partial charge in [0.1, 0.15) is 0 Å². The summed E-state index contributed by atoms with van der Waals surface area (Å²) in [6.07, 6.45) is 5.38. The average Bonchev–Trinajstić information content (AvgIpc) is 2.17. The lowest BCUT2D eigenvalue weighted by molar-refractivity contribution is -0.0363. The molecular weight excluding hydrogens is 176 g/mol. The van der Waals surface area contributed by atoms with Gasteiger partial charge in [0, 0.05) is 31.8 Å². The molecule has 0 aromatic rings. The van der Waals surface area contributed by atoms with Crippen molar-refractivity contribution in [2.24, 2.45) is 5.73 Å². The van der Waals surface area contributed by atoms with Gasteiger partial charge in [0.2, 0.25) is 0 Å². The minimum atomic E-state index is 0.106. The van der Waals surface area contributed by atoms with Gasteiger partial charge in [-0.15, -0.1) is 0 Å². The third-order valence-electron chi connectivity index (χ3n) is 3.52. The van der Waals surface area contributed by atoms with Crippen LogP contribution in [-0.2, 0) is 4.74 Å². The van der Waals surface area contributed by atoms with E-state index in [-0.39, 0.29) is 5.54 Å². The fourth-order valence-electron chi connectivity index (χ4n) is 2.44. The van der Waals surface area contributed by atoms with Crippen LogP contribution < -0.4 is 5.73 Å². The Labute approximate surface area is 86.6 Å². The van der Waals surface area contributed by atoms with Gasteiger partial charge in [0.15, 0.2) is 0 Å². The summed E-state index contributed by atoms with van der Waals surface area (Å²) >= 11 is 0. The van der Waals surface area contributed by atoms with E-state index in [1.807, 2.05) is 0 Å². The second-order valence-electron chi connectivity index (χ2n) is 4.87. The van der Waals surface area contributed by atoms with Gasteiger partial charge in [0.05, 0.1) is 6.10 Å². The third-order valence-corrected chi connectivity index (χ3v) is 3.52. The van der Waals surface area contributed by atoms with Crippen molar-refractivity contribution in [1.29, 1.82) is 0 Å². The molecule has 0 amide bonds. The van der Waals surface area contributed by atoms with Crippen LogP contribution in [0.4, 0.5) is 0 Å². The molecule has 2 saturated heterocycles. The van der Waals surface area contributed by atoms with Crippen LogP contribution in [0.3, 0.4) is 0 Å². The van der Waals surface area contributed by atoms with E-state index in [9.17, 15) is 0 Å². The van der Waals surface area contributed by atoms with E-state index in [0.717, 1.165) is 32.7 Å². The summed E-state index contributed by atoms with van der Waals surface area (Å²) in [7, 11) is 0. The van der Waals surface area contributed by atoms with Gasteiger partial charge < -0.3 is 10.5 Å². The van der Waals surface area contributed by atoms with Crippen LogP contribution in [-0.4, -0.2) is 42.8 Å². The fourth-order valence-corrected chi connectivity index (χ4v) is 2.44. The van der Waals surface area contributed by atoms with E-state index in [2.05, 4.69) is 11.8 Å². The van der Waals surface area contributed by atoms with Crippen LogP contribution in [0.5, 0.6) is 0 Å². The molecule has 0 aliphatic carbocycles. The highest BCUT2D eigenvalue weighted by Crippen LogP contribution is 2.23. The molecule has 14 heavy (non-hydrogen) atoms. The van der Waals surface area contributed by atoms with Gasteiger partial charge in [-0.1, -0.05) is 6.92 Å². The van der Waals surface area contributed by atoms with E-state index in [4.69, 9.17) is 10.5 Å². The number of hydrogen-bond donors (Lipinski definition) is 1. The second-order valence-corrected chi connectivity index (χ2v) is 4.87.